The van der Waals surface area contributed by atoms with Crippen LogP contribution in [0.4, 0.5) is 5.13 Å². The first-order valence-electron chi connectivity index (χ1n) is 7.09. The van der Waals surface area contributed by atoms with Crippen molar-refractivity contribution < 1.29 is 9.53 Å². The molecular formula is C15H21N3O2S. The summed E-state index contributed by atoms with van der Waals surface area (Å²) in [5.74, 6) is 1.01. The topological polar surface area (TPSA) is 77.2 Å². The Morgan fingerprint density at radius 3 is 2.90 bits per heavy atom. The molecule has 6 heteroatoms. The summed E-state index contributed by atoms with van der Waals surface area (Å²) in [6, 6.07) is 5.19. The van der Waals surface area contributed by atoms with E-state index in [1.165, 1.54) is 11.3 Å². The number of nitrogens with two attached hydrogens (primary N) is 1. The molecular weight excluding hydrogens is 286 g/mol. The smallest absolute Gasteiger partial charge is 0.243 e. The van der Waals surface area contributed by atoms with Gasteiger partial charge in [0, 0.05) is 0 Å². The highest BCUT2D eigenvalue weighted by atomic mass is 32.1. The number of carbonyl (C=O) groups is 1. The lowest BCUT2D eigenvalue weighted by molar-refractivity contribution is -0.117. The van der Waals surface area contributed by atoms with Gasteiger partial charge in [-0.15, -0.1) is 0 Å². The first-order valence-corrected chi connectivity index (χ1v) is 7.91. The van der Waals surface area contributed by atoms with Gasteiger partial charge in [-0.25, -0.2) is 4.98 Å². The number of nitrogens with zero attached hydrogens (tertiary/aromatic N) is 1. The maximum absolute atomic E-state index is 12.0. The average molecular weight is 307 g/mol. The van der Waals surface area contributed by atoms with Crippen LogP contribution in [0.1, 0.15) is 27.2 Å². The first kappa shape index (κ1) is 15.7. The molecule has 0 radical (unpaired) electrons. The molecule has 0 bridgehead atoms. The standard InChI is InChI=1S/C15H21N3O2S/c1-4-20-10-5-6-12-13(8-10)21-15(17-12)18-14(19)11(16)7-9(2)3/h5-6,8-9,11H,4,7,16H2,1-3H3,(H,17,18,19). The van der Waals surface area contributed by atoms with Crippen LogP contribution in [-0.4, -0.2) is 23.5 Å². The SMILES string of the molecule is CCOc1ccc2nc(NC(=O)C(N)CC(C)C)sc2c1. The molecule has 114 valence electrons. The number of aromatic nitrogens is 1. The second kappa shape index (κ2) is 6.87. The molecule has 2 aromatic rings. The number of hydrogen-bond donors (Lipinski definition) is 2. The number of benzene rings is 1. The van der Waals surface area contributed by atoms with Crippen molar-refractivity contribution in [2.24, 2.45) is 11.7 Å². The van der Waals surface area contributed by atoms with Crippen LogP contribution >= 0.6 is 11.3 Å². The number of thiazole rings is 1. The molecule has 1 unspecified atom stereocenters. The summed E-state index contributed by atoms with van der Waals surface area (Å²) in [5.41, 5.74) is 6.71. The van der Waals surface area contributed by atoms with E-state index in [2.05, 4.69) is 10.3 Å². The summed E-state index contributed by atoms with van der Waals surface area (Å²) in [5, 5.41) is 3.36. The van der Waals surface area contributed by atoms with E-state index in [0.717, 1.165) is 16.0 Å². The zero-order chi connectivity index (χ0) is 15.4. The maximum Gasteiger partial charge on any atom is 0.243 e. The van der Waals surface area contributed by atoms with Crippen molar-refractivity contribution in [2.75, 3.05) is 11.9 Å². The molecule has 3 N–H and O–H groups in total. The fourth-order valence-electron chi connectivity index (χ4n) is 2.03. The summed E-state index contributed by atoms with van der Waals surface area (Å²) in [6.07, 6.45) is 0.658. The number of hydrogen-bond acceptors (Lipinski definition) is 5. The van der Waals surface area contributed by atoms with E-state index in [1.807, 2.05) is 39.0 Å². The summed E-state index contributed by atoms with van der Waals surface area (Å²) in [7, 11) is 0. The van der Waals surface area contributed by atoms with Crippen molar-refractivity contribution in [3.05, 3.63) is 18.2 Å². The molecule has 0 fully saturated rings. The lowest BCUT2D eigenvalue weighted by Crippen LogP contribution is -2.36. The molecule has 0 aliphatic carbocycles. The number of anilines is 1. The Hall–Kier alpha value is -1.66. The zero-order valence-electron chi connectivity index (χ0n) is 12.6. The van der Waals surface area contributed by atoms with E-state index in [-0.39, 0.29) is 5.91 Å². The molecule has 1 aromatic carbocycles. The molecule has 1 heterocycles. The Bertz CT molecular complexity index is 624. The molecule has 1 atom stereocenters. The minimum Gasteiger partial charge on any atom is -0.494 e. The van der Waals surface area contributed by atoms with Crippen LogP contribution in [0.25, 0.3) is 10.2 Å². The molecule has 21 heavy (non-hydrogen) atoms. The van der Waals surface area contributed by atoms with Gasteiger partial charge in [0.05, 0.1) is 22.9 Å². The summed E-state index contributed by atoms with van der Waals surface area (Å²) < 4.78 is 6.44. The largest absolute Gasteiger partial charge is 0.494 e. The molecule has 0 aliphatic rings. The zero-order valence-corrected chi connectivity index (χ0v) is 13.4. The maximum atomic E-state index is 12.0. The van der Waals surface area contributed by atoms with Gasteiger partial charge in [-0.1, -0.05) is 25.2 Å². The van der Waals surface area contributed by atoms with Crippen LogP contribution in [0.5, 0.6) is 5.75 Å². The molecule has 0 spiro atoms. The van der Waals surface area contributed by atoms with Crippen molar-refractivity contribution in [2.45, 2.75) is 33.2 Å². The number of carbonyl (C=O) groups excluding carboxylic acids is 1. The van der Waals surface area contributed by atoms with E-state index in [4.69, 9.17) is 10.5 Å². The van der Waals surface area contributed by atoms with Gasteiger partial charge in [-0.3, -0.25) is 4.79 Å². The third kappa shape index (κ3) is 4.15. The highest BCUT2D eigenvalue weighted by molar-refractivity contribution is 7.22. The van der Waals surface area contributed by atoms with Gasteiger partial charge >= 0.3 is 0 Å². The third-order valence-corrected chi connectivity index (χ3v) is 3.90. The number of rotatable bonds is 6. The second-order valence-corrected chi connectivity index (χ2v) is 6.34. The summed E-state index contributed by atoms with van der Waals surface area (Å²) in [4.78, 5) is 16.4. The van der Waals surface area contributed by atoms with Gasteiger partial charge in [-0.05, 0) is 37.5 Å². The monoisotopic (exact) mass is 307 g/mol. The number of amides is 1. The Morgan fingerprint density at radius 2 is 2.24 bits per heavy atom. The van der Waals surface area contributed by atoms with Crippen LogP contribution in [0.3, 0.4) is 0 Å². The fraction of sp³-hybridized carbons (Fsp3) is 0.467. The van der Waals surface area contributed by atoms with Gasteiger partial charge in [-0.2, -0.15) is 0 Å². The van der Waals surface area contributed by atoms with Crippen LogP contribution in [0.2, 0.25) is 0 Å². The Kier molecular flexibility index (Phi) is 5.14. The number of ether oxygens (including phenoxy) is 1. The molecule has 0 aliphatic heterocycles. The van der Waals surface area contributed by atoms with E-state index < -0.39 is 6.04 Å². The molecule has 1 aromatic heterocycles. The highest BCUT2D eigenvalue weighted by Gasteiger charge is 2.16. The van der Waals surface area contributed by atoms with Crippen molar-refractivity contribution in [3.63, 3.8) is 0 Å². The minimum absolute atomic E-state index is 0.187. The lowest BCUT2D eigenvalue weighted by Gasteiger charge is -2.12. The fourth-order valence-corrected chi connectivity index (χ4v) is 2.93. The predicted octanol–water partition coefficient (Wildman–Crippen LogP) is 3.01. The minimum atomic E-state index is -0.504. The van der Waals surface area contributed by atoms with Gasteiger partial charge in [0.2, 0.25) is 5.91 Å². The van der Waals surface area contributed by atoms with Gasteiger partial charge < -0.3 is 15.8 Å². The highest BCUT2D eigenvalue weighted by Crippen LogP contribution is 2.29. The first-order chi connectivity index (χ1) is 9.99. The van der Waals surface area contributed by atoms with E-state index in [0.29, 0.717) is 24.1 Å². The molecule has 2 rings (SSSR count). The van der Waals surface area contributed by atoms with Crippen molar-refractivity contribution >= 4 is 32.6 Å². The Labute approximate surface area is 128 Å². The van der Waals surface area contributed by atoms with Crippen molar-refractivity contribution in [3.8, 4) is 5.75 Å². The molecule has 1 amide bonds. The Balaban J connectivity index is 2.10. The molecule has 5 nitrogen and oxygen atoms in total. The van der Waals surface area contributed by atoms with E-state index in [1.54, 1.807) is 0 Å². The van der Waals surface area contributed by atoms with Crippen LogP contribution in [0.15, 0.2) is 18.2 Å². The van der Waals surface area contributed by atoms with Crippen molar-refractivity contribution in [1.29, 1.82) is 0 Å². The number of fused-ring (bicyclic) bond motifs is 1. The summed E-state index contributed by atoms with van der Waals surface area (Å²) in [6.45, 7) is 6.65. The van der Waals surface area contributed by atoms with Crippen LogP contribution in [0, 0.1) is 5.92 Å². The van der Waals surface area contributed by atoms with Gasteiger partial charge in [0.15, 0.2) is 5.13 Å². The number of nitrogens with one attached hydrogen (secondary N) is 1. The van der Waals surface area contributed by atoms with E-state index in [9.17, 15) is 4.79 Å². The van der Waals surface area contributed by atoms with E-state index >= 15 is 0 Å². The van der Waals surface area contributed by atoms with Gasteiger partial charge in [0.25, 0.3) is 0 Å². The lowest BCUT2D eigenvalue weighted by atomic mass is 10.0. The van der Waals surface area contributed by atoms with Gasteiger partial charge in [0.1, 0.15) is 5.75 Å². The normalized spacial score (nSPS) is 12.6. The quantitative estimate of drug-likeness (QED) is 0.860. The van der Waals surface area contributed by atoms with Crippen LogP contribution < -0.4 is 15.8 Å². The van der Waals surface area contributed by atoms with Crippen molar-refractivity contribution in [1.82, 2.24) is 4.98 Å². The Morgan fingerprint density at radius 1 is 1.48 bits per heavy atom. The summed E-state index contributed by atoms with van der Waals surface area (Å²) >= 11 is 1.42. The molecule has 0 saturated carbocycles. The third-order valence-electron chi connectivity index (χ3n) is 2.96. The van der Waals surface area contributed by atoms with Crippen LogP contribution in [-0.2, 0) is 4.79 Å². The predicted molar refractivity (Wildman–Crippen MR) is 86.8 cm³/mol. The second-order valence-electron chi connectivity index (χ2n) is 5.31. The average Bonchev–Trinajstić information content (AvgIpc) is 2.79. The molecule has 0 saturated heterocycles.